The van der Waals surface area contributed by atoms with Crippen LogP contribution in [0.1, 0.15) is 11.1 Å². The van der Waals surface area contributed by atoms with E-state index in [0.29, 0.717) is 21.7 Å². The van der Waals surface area contributed by atoms with Crippen LogP contribution in [0.3, 0.4) is 0 Å². The van der Waals surface area contributed by atoms with Crippen molar-refractivity contribution < 1.29 is 9.53 Å². The first-order valence-electron chi connectivity index (χ1n) is 8.22. The van der Waals surface area contributed by atoms with E-state index in [4.69, 9.17) is 16.3 Å². The quantitative estimate of drug-likeness (QED) is 0.594. The predicted octanol–water partition coefficient (Wildman–Crippen LogP) is 4.48. The van der Waals surface area contributed by atoms with Crippen molar-refractivity contribution in [2.75, 3.05) is 18.2 Å². The van der Waals surface area contributed by atoms with Crippen LogP contribution in [0, 0.1) is 13.8 Å². The number of nitrogens with zero attached hydrogens (tertiary/aromatic N) is 2. The highest BCUT2D eigenvalue weighted by Crippen LogP contribution is 2.28. The second kappa shape index (κ2) is 8.45. The van der Waals surface area contributed by atoms with Crippen LogP contribution in [-0.4, -0.2) is 34.0 Å². The van der Waals surface area contributed by atoms with Crippen molar-refractivity contribution in [2.45, 2.75) is 19.0 Å². The second-order valence-electron chi connectivity index (χ2n) is 5.97. The number of carbonyl (C=O) groups is 1. The number of methoxy groups -OCH3 is 1. The van der Waals surface area contributed by atoms with Gasteiger partial charge in [0.15, 0.2) is 5.82 Å². The predicted molar refractivity (Wildman–Crippen MR) is 109 cm³/mol. The third kappa shape index (κ3) is 4.81. The molecule has 140 valence electrons. The van der Waals surface area contributed by atoms with Crippen molar-refractivity contribution in [2.24, 2.45) is 0 Å². The number of thioether (sulfide) groups is 1. The highest BCUT2D eigenvalue weighted by molar-refractivity contribution is 7.99. The fraction of sp³-hybridized carbons (Fsp3) is 0.211. The Hall–Kier alpha value is -2.51. The fourth-order valence-electron chi connectivity index (χ4n) is 2.57. The molecule has 0 spiro atoms. The Kier molecular flexibility index (Phi) is 6.03. The lowest BCUT2D eigenvalue weighted by Gasteiger charge is -2.11. The minimum Gasteiger partial charge on any atom is -0.497 e. The number of ether oxygens (including phenoxy) is 1. The molecule has 2 N–H and O–H groups in total. The molecule has 0 radical (unpaired) electrons. The molecule has 1 heterocycles. The van der Waals surface area contributed by atoms with E-state index in [1.54, 1.807) is 7.11 Å². The first-order chi connectivity index (χ1) is 13.0. The Balaban J connectivity index is 1.60. The number of rotatable bonds is 6. The number of nitrogens with one attached hydrogen (secondary N) is 2. The van der Waals surface area contributed by atoms with Gasteiger partial charge >= 0.3 is 0 Å². The summed E-state index contributed by atoms with van der Waals surface area (Å²) in [6.45, 7) is 3.88. The van der Waals surface area contributed by atoms with Crippen LogP contribution in [0.25, 0.3) is 11.4 Å². The molecule has 1 aromatic heterocycles. The average molecular weight is 403 g/mol. The number of amides is 1. The number of halogens is 1. The third-order valence-electron chi connectivity index (χ3n) is 3.86. The normalized spacial score (nSPS) is 10.7. The Morgan fingerprint density at radius 1 is 1.26 bits per heavy atom. The summed E-state index contributed by atoms with van der Waals surface area (Å²) in [4.78, 5) is 16.7. The molecule has 2 aromatic carbocycles. The number of aromatic nitrogens is 3. The van der Waals surface area contributed by atoms with Crippen LogP contribution in [0.4, 0.5) is 5.69 Å². The molecule has 0 aliphatic heterocycles. The number of aryl methyl sites for hydroxylation is 2. The second-order valence-corrected chi connectivity index (χ2v) is 7.32. The maximum Gasteiger partial charge on any atom is 0.234 e. The van der Waals surface area contributed by atoms with Gasteiger partial charge in [-0.15, -0.1) is 5.10 Å². The number of H-pyrrole nitrogens is 1. The fourth-order valence-corrected chi connectivity index (χ4v) is 3.54. The summed E-state index contributed by atoms with van der Waals surface area (Å²) >= 11 is 7.48. The number of anilines is 1. The van der Waals surface area contributed by atoms with Crippen molar-refractivity contribution in [3.05, 3.63) is 52.5 Å². The maximum atomic E-state index is 12.3. The number of hydrogen-bond acceptors (Lipinski definition) is 5. The van der Waals surface area contributed by atoms with E-state index in [0.717, 1.165) is 22.4 Å². The van der Waals surface area contributed by atoms with Gasteiger partial charge in [-0.1, -0.05) is 29.4 Å². The van der Waals surface area contributed by atoms with Crippen LogP contribution >= 0.6 is 23.4 Å². The van der Waals surface area contributed by atoms with Crippen molar-refractivity contribution in [1.82, 2.24) is 15.2 Å². The van der Waals surface area contributed by atoms with E-state index in [9.17, 15) is 4.79 Å². The van der Waals surface area contributed by atoms with E-state index >= 15 is 0 Å². The summed E-state index contributed by atoms with van der Waals surface area (Å²) in [7, 11) is 1.62. The first-order valence-corrected chi connectivity index (χ1v) is 9.59. The summed E-state index contributed by atoms with van der Waals surface area (Å²) in [5, 5.41) is 10.9. The molecule has 3 rings (SSSR count). The number of aromatic amines is 1. The van der Waals surface area contributed by atoms with E-state index in [1.807, 2.05) is 50.2 Å². The zero-order valence-electron chi connectivity index (χ0n) is 15.2. The monoisotopic (exact) mass is 402 g/mol. The Morgan fingerprint density at radius 2 is 2.00 bits per heavy atom. The van der Waals surface area contributed by atoms with E-state index in [-0.39, 0.29) is 11.7 Å². The zero-order valence-corrected chi connectivity index (χ0v) is 16.7. The molecule has 0 aliphatic rings. The Morgan fingerprint density at radius 3 is 2.67 bits per heavy atom. The van der Waals surface area contributed by atoms with Gasteiger partial charge in [0, 0.05) is 5.56 Å². The summed E-state index contributed by atoms with van der Waals surface area (Å²) in [6, 6.07) is 11.3. The first kappa shape index (κ1) is 19.3. The maximum absolute atomic E-state index is 12.3. The van der Waals surface area contributed by atoms with Crippen molar-refractivity contribution in [3.63, 3.8) is 0 Å². The SMILES string of the molecule is COc1ccc(-c2nc(SCC(=O)Nc3c(C)cc(C)cc3Cl)n[nH]2)cc1. The topological polar surface area (TPSA) is 79.9 Å². The molecule has 3 aromatic rings. The summed E-state index contributed by atoms with van der Waals surface area (Å²) in [6.07, 6.45) is 0. The van der Waals surface area contributed by atoms with Gasteiger partial charge in [-0.2, -0.15) is 0 Å². The van der Waals surface area contributed by atoms with Crippen molar-refractivity contribution in [1.29, 1.82) is 0 Å². The molecular formula is C19H19ClN4O2S. The largest absolute Gasteiger partial charge is 0.497 e. The lowest BCUT2D eigenvalue weighted by Crippen LogP contribution is -2.15. The lowest BCUT2D eigenvalue weighted by atomic mass is 10.1. The minimum atomic E-state index is -0.162. The van der Waals surface area contributed by atoms with Gasteiger partial charge < -0.3 is 10.1 Å². The summed E-state index contributed by atoms with van der Waals surface area (Å²) in [5.41, 5.74) is 3.51. The minimum absolute atomic E-state index is 0.162. The van der Waals surface area contributed by atoms with Gasteiger partial charge in [-0.05, 0) is 55.3 Å². The van der Waals surface area contributed by atoms with Crippen LogP contribution in [0.5, 0.6) is 5.75 Å². The van der Waals surface area contributed by atoms with Gasteiger partial charge in [-0.3, -0.25) is 9.89 Å². The number of hydrogen-bond donors (Lipinski definition) is 2. The van der Waals surface area contributed by atoms with Crippen LogP contribution in [-0.2, 0) is 4.79 Å². The van der Waals surface area contributed by atoms with Gasteiger partial charge in [-0.25, -0.2) is 4.98 Å². The van der Waals surface area contributed by atoms with Gasteiger partial charge in [0.25, 0.3) is 0 Å². The summed E-state index contributed by atoms with van der Waals surface area (Å²) < 4.78 is 5.14. The Labute approximate surface area is 166 Å². The number of carbonyl (C=O) groups excluding carboxylic acids is 1. The zero-order chi connectivity index (χ0) is 19.4. The molecule has 0 saturated heterocycles. The highest BCUT2D eigenvalue weighted by Gasteiger charge is 2.12. The standard InChI is InChI=1S/C19H19ClN4O2S/c1-11-8-12(2)17(15(20)9-11)21-16(25)10-27-19-22-18(23-24-19)13-4-6-14(26-3)7-5-13/h4-9H,10H2,1-3H3,(H,21,25)(H,22,23,24). The summed E-state index contributed by atoms with van der Waals surface area (Å²) in [5.74, 6) is 1.43. The molecular weight excluding hydrogens is 384 g/mol. The molecule has 0 atom stereocenters. The van der Waals surface area contributed by atoms with E-state index < -0.39 is 0 Å². The molecule has 0 bridgehead atoms. The van der Waals surface area contributed by atoms with Crippen LogP contribution in [0.2, 0.25) is 5.02 Å². The molecule has 0 aliphatic carbocycles. The van der Waals surface area contributed by atoms with Crippen molar-refractivity contribution in [3.8, 4) is 17.1 Å². The lowest BCUT2D eigenvalue weighted by molar-refractivity contribution is -0.113. The molecule has 0 unspecified atom stereocenters. The van der Waals surface area contributed by atoms with Crippen LogP contribution in [0.15, 0.2) is 41.6 Å². The number of benzene rings is 2. The van der Waals surface area contributed by atoms with E-state index in [1.165, 1.54) is 11.8 Å². The van der Waals surface area contributed by atoms with Gasteiger partial charge in [0.2, 0.25) is 11.1 Å². The molecule has 8 heteroatoms. The van der Waals surface area contributed by atoms with Gasteiger partial charge in [0.05, 0.1) is 23.6 Å². The highest BCUT2D eigenvalue weighted by atomic mass is 35.5. The van der Waals surface area contributed by atoms with Gasteiger partial charge in [0.1, 0.15) is 5.75 Å². The Bertz CT molecular complexity index is 934. The molecule has 6 nitrogen and oxygen atoms in total. The molecule has 1 amide bonds. The van der Waals surface area contributed by atoms with E-state index in [2.05, 4.69) is 20.5 Å². The third-order valence-corrected chi connectivity index (χ3v) is 5.00. The molecule has 27 heavy (non-hydrogen) atoms. The smallest absolute Gasteiger partial charge is 0.234 e. The average Bonchev–Trinajstić information content (AvgIpc) is 3.12. The molecule has 0 fully saturated rings. The molecule has 0 saturated carbocycles. The van der Waals surface area contributed by atoms with Crippen LogP contribution < -0.4 is 10.1 Å². The van der Waals surface area contributed by atoms with Crippen molar-refractivity contribution >= 4 is 35.0 Å².